The summed E-state index contributed by atoms with van der Waals surface area (Å²) in [5.74, 6) is -1.93. The molecule has 0 aromatic heterocycles. The predicted molar refractivity (Wildman–Crippen MR) is 45.0 cm³/mol. The first kappa shape index (κ1) is 11.9. The molecule has 3 nitrogen and oxygen atoms in total. The highest BCUT2D eigenvalue weighted by Gasteiger charge is 2.35. The Bertz CT molecular complexity index is 237. The number of hydrogen-bond acceptors (Lipinski definition) is 2. The van der Waals surface area contributed by atoms with Crippen LogP contribution >= 0.6 is 12.2 Å². The van der Waals surface area contributed by atoms with Crippen molar-refractivity contribution in [1.82, 2.24) is 10.6 Å². The fraction of sp³-hybridized carbons (Fsp3) is 0.333. The van der Waals surface area contributed by atoms with Gasteiger partial charge in [0.2, 0.25) is 0 Å². The van der Waals surface area contributed by atoms with Crippen molar-refractivity contribution in [2.75, 3.05) is 7.05 Å². The van der Waals surface area contributed by atoms with Crippen LogP contribution in [0.4, 0.5) is 13.2 Å². The summed E-state index contributed by atoms with van der Waals surface area (Å²) in [5, 5.41) is 4.84. The van der Waals surface area contributed by atoms with E-state index in [4.69, 9.17) is 0 Å². The Morgan fingerprint density at radius 2 is 2.00 bits per heavy atom. The van der Waals surface area contributed by atoms with Gasteiger partial charge in [0.1, 0.15) is 0 Å². The van der Waals surface area contributed by atoms with Crippen molar-refractivity contribution in [1.29, 1.82) is 0 Å². The van der Waals surface area contributed by atoms with E-state index < -0.39 is 12.0 Å². The second kappa shape index (κ2) is 4.80. The number of carbonyl (C=O) groups excluding carboxylic acids is 1. The second-order valence-electron chi connectivity index (χ2n) is 1.92. The molecule has 0 aliphatic carbocycles. The van der Waals surface area contributed by atoms with E-state index >= 15 is 0 Å². The van der Waals surface area contributed by atoms with Crippen LogP contribution in [0.5, 0.6) is 0 Å². The first-order chi connectivity index (χ1) is 5.88. The molecule has 13 heavy (non-hydrogen) atoms. The molecule has 0 spiro atoms. The minimum atomic E-state index is -4.83. The Morgan fingerprint density at radius 3 is 2.38 bits per heavy atom. The van der Waals surface area contributed by atoms with E-state index in [1.165, 1.54) is 7.05 Å². The number of hydrogen-bond donors (Lipinski definition) is 2. The maximum atomic E-state index is 11.6. The summed E-state index contributed by atoms with van der Waals surface area (Å²) in [7, 11) is 1.49. The third kappa shape index (κ3) is 5.18. The van der Waals surface area contributed by atoms with Crippen molar-refractivity contribution in [3.8, 4) is 0 Å². The molecule has 0 bridgehead atoms. The first-order valence-corrected chi connectivity index (χ1v) is 3.54. The van der Waals surface area contributed by atoms with Crippen LogP contribution in [0.1, 0.15) is 0 Å². The summed E-state index contributed by atoms with van der Waals surface area (Å²) < 4.78 is 34.7. The lowest BCUT2D eigenvalue weighted by molar-refractivity contribution is -0.165. The van der Waals surface area contributed by atoms with Crippen LogP contribution in [-0.2, 0) is 4.79 Å². The summed E-state index contributed by atoms with van der Waals surface area (Å²) >= 11 is 4.53. The molecule has 74 valence electrons. The van der Waals surface area contributed by atoms with Crippen LogP contribution in [0, 0.1) is 0 Å². The fourth-order valence-corrected chi connectivity index (χ4v) is 0.428. The van der Waals surface area contributed by atoms with Gasteiger partial charge in [-0.05, 0) is 12.2 Å². The number of nitrogens with one attached hydrogen (secondary N) is 2. The standard InChI is InChI=1S/C6H7F3N2OS/c1-10-5(13)11-3-2-4(12)6(7,8)9/h2-3H,1H3,(H2,10,11,13)/b3-2-. The van der Waals surface area contributed by atoms with Crippen molar-refractivity contribution in [2.45, 2.75) is 6.18 Å². The molecular formula is C6H7F3N2OS. The number of carbonyl (C=O) groups is 1. The van der Waals surface area contributed by atoms with Crippen LogP contribution < -0.4 is 10.6 Å². The summed E-state index contributed by atoms with van der Waals surface area (Å²) in [6.45, 7) is 0. The van der Waals surface area contributed by atoms with Gasteiger partial charge in [0, 0.05) is 19.3 Å². The molecule has 0 radical (unpaired) electrons. The number of halogens is 3. The Labute approximate surface area is 78.0 Å². The summed E-state index contributed by atoms with van der Waals surface area (Å²) in [6, 6.07) is 0. The molecule has 0 atom stereocenters. The highest BCUT2D eigenvalue weighted by atomic mass is 32.1. The minimum absolute atomic E-state index is 0.131. The Morgan fingerprint density at radius 1 is 1.46 bits per heavy atom. The Balaban J connectivity index is 4.00. The second-order valence-corrected chi connectivity index (χ2v) is 2.33. The maximum absolute atomic E-state index is 11.6. The summed E-state index contributed by atoms with van der Waals surface area (Å²) in [4.78, 5) is 10.2. The van der Waals surface area contributed by atoms with Crippen LogP contribution in [0.3, 0.4) is 0 Å². The molecule has 0 aliphatic heterocycles. The SMILES string of the molecule is CNC(=S)N/C=C\C(=O)C(F)(F)F. The van der Waals surface area contributed by atoms with Crippen molar-refractivity contribution < 1.29 is 18.0 Å². The van der Waals surface area contributed by atoms with Crippen molar-refractivity contribution in [3.63, 3.8) is 0 Å². The topological polar surface area (TPSA) is 41.1 Å². The lowest BCUT2D eigenvalue weighted by Gasteiger charge is -2.01. The zero-order chi connectivity index (χ0) is 10.5. The van der Waals surface area contributed by atoms with Gasteiger partial charge < -0.3 is 10.6 Å². The third-order valence-electron chi connectivity index (χ3n) is 0.956. The normalized spacial score (nSPS) is 11.4. The summed E-state index contributed by atoms with van der Waals surface area (Å²) in [6.07, 6.45) is -3.64. The molecule has 0 saturated carbocycles. The zero-order valence-electron chi connectivity index (χ0n) is 6.61. The van der Waals surface area contributed by atoms with Gasteiger partial charge in [-0.15, -0.1) is 0 Å². The van der Waals surface area contributed by atoms with Gasteiger partial charge in [-0.2, -0.15) is 13.2 Å². The summed E-state index contributed by atoms with van der Waals surface area (Å²) in [5.41, 5.74) is 0. The van der Waals surface area contributed by atoms with E-state index in [1.54, 1.807) is 0 Å². The van der Waals surface area contributed by atoms with Crippen LogP contribution in [0.15, 0.2) is 12.3 Å². The molecule has 2 N–H and O–H groups in total. The van der Waals surface area contributed by atoms with E-state index in [-0.39, 0.29) is 5.11 Å². The van der Waals surface area contributed by atoms with Gasteiger partial charge in [-0.1, -0.05) is 0 Å². The number of thiocarbonyl (C=S) groups is 1. The molecule has 0 aromatic carbocycles. The average Bonchev–Trinajstić information content (AvgIpc) is 2.02. The number of alkyl halides is 3. The average molecular weight is 212 g/mol. The zero-order valence-corrected chi connectivity index (χ0v) is 7.42. The molecule has 0 unspecified atom stereocenters. The smallest absolute Gasteiger partial charge is 0.366 e. The first-order valence-electron chi connectivity index (χ1n) is 3.14. The van der Waals surface area contributed by atoms with Gasteiger partial charge in [0.05, 0.1) is 0 Å². The monoisotopic (exact) mass is 212 g/mol. The lowest BCUT2D eigenvalue weighted by atomic mass is 10.4. The number of ketones is 1. The molecule has 7 heteroatoms. The van der Waals surface area contributed by atoms with E-state index in [0.29, 0.717) is 6.08 Å². The third-order valence-corrected chi connectivity index (χ3v) is 1.28. The van der Waals surface area contributed by atoms with Gasteiger partial charge in [0.25, 0.3) is 5.78 Å². The lowest BCUT2D eigenvalue weighted by Crippen LogP contribution is -2.29. The molecule has 0 rings (SSSR count). The van der Waals surface area contributed by atoms with Gasteiger partial charge in [-0.25, -0.2) is 0 Å². The van der Waals surface area contributed by atoms with Crippen LogP contribution in [0.2, 0.25) is 0 Å². The van der Waals surface area contributed by atoms with Crippen molar-refractivity contribution in [2.24, 2.45) is 0 Å². The van der Waals surface area contributed by atoms with Crippen molar-refractivity contribution in [3.05, 3.63) is 12.3 Å². The number of rotatable bonds is 2. The van der Waals surface area contributed by atoms with E-state index in [2.05, 4.69) is 22.9 Å². The molecular weight excluding hydrogens is 205 g/mol. The largest absolute Gasteiger partial charge is 0.454 e. The molecule has 0 amide bonds. The molecule has 0 fully saturated rings. The van der Waals surface area contributed by atoms with Gasteiger partial charge in [-0.3, -0.25) is 4.79 Å². The molecule has 0 aromatic rings. The van der Waals surface area contributed by atoms with E-state index in [1.807, 2.05) is 0 Å². The highest BCUT2D eigenvalue weighted by molar-refractivity contribution is 7.80. The van der Waals surface area contributed by atoms with E-state index in [0.717, 1.165) is 6.20 Å². The van der Waals surface area contributed by atoms with Gasteiger partial charge >= 0.3 is 6.18 Å². The van der Waals surface area contributed by atoms with Gasteiger partial charge in [0.15, 0.2) is 5.11 Å². The van der Waals surface area contributed by atoms with Crippen LogP contribution in [0.25, 0.3) is 0 Å². The molecule has 0 aliphatic rings. The fourth-order valence-electron chi connectivity index (χ4n) is 0.360. The highest BCUT2D eigenvalue weighted by Crippen LogP contribution is 2.15. The minimum Gasteiger partial charge on any atom is -0.366 e. The molecule has 0 heterocycles. The maximum Gasteiger partial charge on any atom is 0.454 e. The quantitative estimate of drug-likeness (QED) is 0.523. The van der Waals surface area contributed by atoms with E-state index in [9.17, 15) is 18.0 Å². The predicted octanol–water partition coefficient (Wildman–Crippen LogP) is 0.725. The number of allylic oxidation sites excluding steroid dienone is 1. The Kier molecular flexibility index (Phi) is 4.39. The Hall–Kier alpha value is -1.11. The molecule has 0 saturated heterocycles. The van der Waals surface area contributed by atoms with Crippen molar-refractivity contribution >= 4 is 23.1 Å². The van der Waals surface area contributed by atoms with Crippen LogP contribution in [-0.4, -0.2) is 24.1 Å².